The van der Waals surface area contributed by atoms with Crippen LogP contribution in [0.5, 0.6) is 0 Å². The fraction of sp³-hybridized carbons (Fsp3) is 0.786. The summed E-state index contributed by atoms with van der Waals surface area (Å²) in [5.41, 5.74) is 7.72. The molecule has 2 heterocycles. The molecule has 0 aliphatic carbocycles. The van der Waals surface area contributed by atoms with Crippen molar-refractivity contribution in [2.45, 2.75) is 58.2 Å². The maximum absolute atomic E-state index is 6.42. The van der Waals surface area contributed by atoms with Crippen LogP contribution in [0.15, 0.2) is 12.5 Å². The Labute approximate surface area is 110 Å². The molecule has 102 valence electrons. The van der Waals surface area contributed by atoms with Gasteiger partial charge >= 0.3 is 0 Å². The zero-order chi connectivity index (χ0) is 13.0. The highest BCUT2D eigenvalue weighted by Crippen LogP contribution is 2.29. The van der Waals surface area contributed by atoms with Crippen molar-refractivity contribution in [2.24, 2.45) is 5.73 Å². The number of rotatable bonds is 4. The molecule has 0 bridgehead atoms. The molecule has 2 rings (SSSR count). The van der Waals surface area contributed by atoms with Crippen LogP contribution < -0.4 is 5.73 Å². The van der Waals surface area contributed by atoms with Gasteiger partial charge in [0.25, 0.3) is 0 Å². The standard InChI is InChI=1S/C14H26N4/c1-3-8-18-11-16-10-13(18)14-12(15)7-5-6-9-17(14)4-2/h10-12,14H,3-9,15H2,1-2H3. The molecule has 1 fully saturated rings. The van der Waals surface area contributed by atoms with E-state index in [1.165, 1.54) is 18.5 Å². The summed E-state index contributed by atoms with van der Waals surface area (Å²) in [7, 11) is 0. The number of likely N-dealkylation sites (tertiary alicyclic amines) is 1. The van der Waals surface area contributed by atoms with E-state index in [2.05, 4.69) is 28.3 Å². The molecule has 1 saturated heterocycles. The van der Waals surface area contributed by atoms with Crippen LogP contribution >= 0.6 is 0 Å². The van der Waals surface area contributed by atoms with Gasteiger partial charge in [-0.2, -0.15) is 0 Å². The quantitative estimate of drug-likeness (QED) is 0.891. The summed E-state index contributed by atoms with van der Waals surface area (Å²) in [6.07, 6.45) is 8.73. The minimum Gasteiger partial charge on any atom is -0.333 e. The van der Waals surface area contributed by atoms with Gasteiger partial charge in [0.2, 0.25) is 0 Å². The highest BCUT2D eigenvalue weighted by molar-refractivity contribution is 5.10. The van der Waals surface area contributed by atoms with Crippen molar-refractivity contribution in [3.05, 3.63) is 18.2 Å². The number of hydrogen-bond donors (Lipinski definition) is 1. The molecule has 0 aromatic carbocycles. The molecule has 18 heavy (non-hydrogen) atoms. The number of hydrogen-bond acceptors (Lipinski definition) is 3. The summed E-state index contributed by atoms with van der Waals surface area (Å²) in [4.78, 5) is 6.85. The third-order valence-electron chi connectivity index (χ3n) is 3.95. The van der Waals surface area contributed by atoms with Gasteiger partial charge in [-0.3, -0.25) is 4.90 Å². The van der Waals surface area contributed by atoms with Gasteiger partial charge in [-0.1, -0.05) is 20.3 Å². The first kappa shape index (κ1) is 13.6. The van der Waals surface area contributed by atoms with E-state index in [9.17, 15) is 0 Å². The lowest BCUT2D eigenvalue weighted by atomic mass is 10.0. The Hall–Kier alpha value is -0.870. The fourth-order valence-corrected chi connectivity index (χ4v) is 3.03. The van der Waals surface area contributed by atoms with Crippen molar-refractivity contribution >= 4 is 0 Å². The van der Waals surface area contributed by atoms with E-state index in [4.69, 9.17) is 5.73 Å². The maximum atomic E-state index is 6.42. The second kappa shape index (κ2) is 6.34. The Balaban J connectivity index is 2.27. The smallest absolute Gasteiger partial charge is 0.0948 e. The van der Waals surface area contributed by atoms with Gasteiger partial charge < -0.3 is 10.3 Å². The second-order valence-corrected chi connectivity index (χ2v) is 5.24. The van der Waals surface area contributed by atoms with Crippen molar-refractivity contribution in [3.63, 3.8) is 0 Å². The molecular formula is C14H26N4. The highest BCUT2D eigenvalue weighted by Gasteiger charge is 2.29. The van der Waals surface area contributed by atoms with Crippen molar-refractivity contribution in [2.75, 3.05) is 13.1 Å². The Morgan fingerprint density at radius 2 is 2.22 bits per heavy atom. The molecule has 1 aliphatic heterocycles. The summed E-state index contributed by atoms with van der Waals surface area (Å²) in [6.45, 7) is 7.69. The van der Waals surface area contributed by atoms with E-state index in [-0.39, 0.29) is 6.04 Å². The molecule has 2 atom stereocenters. The molecule has 4 heteroatoms. The van der Waals surface area contributed by atoms with Crippen molar-refractivity contribution < 1.29 is 0 Å². The topological polar surface area (TPSA) is 47.1 Å². The van der Waals surface area contributed by atoms with E-state index in [1.54, 1.807) is 0 Å². The van der Waals surface area contributed by atoms with E-state index >= 15 is 0 Å². The average molecular weight is 250 g/mol. The zero-order valence-corrected chi connectivity index (χ0v) is 11.7. The van der Waals surface area contributed by atoms with Crippen molar-refractivity contribution in [1.29, 1.82) is 0 Å². The van der Waals surface area contributed by atoms with Crippen LogP contribution in [-0.4, -0.2) is 33.6 Å². The Kier molecular flexibility index (Phi) is 4.78. The molecular weight excluding hydrogens is 224 g/mol. The second-order valence-electron chi connectivity index (χ2n) is 5.24. The molecule has 1 aromatic heterocycles. The summed E-state index contributed by atoms with van der Waals surface area (Å²) in [5.74, 6) is 0. The van der Waals surface area contributed by atoms with Crippen LogP contribution in [0.1, 0.15) is 51.3 Å². The fourth-order valence-electron chi connectivity index (χ4n) is 3.03. The largest absolute Gasteiger partial charge is 0.333 e. The summed E-state index contributed by atoms with van der Waals surface area (Å²) in [5, 5.41) is 0. The summed E-state index contributed by atoms with van der Waals surface area (Å²) in [6, 6.07) is 0.575. The van der Waals surface area contributed by atoms with Crippen LogP contribution in [0.3, 0.4) is 0 Å². The molecule has 4 nitrogen and oxygen atoms in total. The molecule has 0 amide bonds. The van der Waals surface area contributed by atoms with Gasteiger partial charge in [-0.25, -0.2) is 4.98 Å². The lowest BCUT2D eigenvalue weighted by molar-refractivity contribution is 0.187. The molecule has 0 radical (unpaired) electrons. The number of nitrogens with zero attached hydrogens (tertiary/aromatic N) is 3. The number of likely N-dealkylation sites (N-methyl/N-ethyl adjacent to an activating group) is 1. The molecule has 1 aliphatic rings. The van der Waals surface area contributed by atoms with Gasteiger partial charge in [0.1, 0.15) is 0 Å². The third-order valence-corrected chi connectivity index (χ3v) is 3.95. The van der Waals surface area contributed by atoms with Crippen LogP contribution in [0.4, 0.5) is 0 Å². The van der Waals surface area contributed by atoms with E-state index in [0.717, 1.165) is 32.5 Å². The molecule has 0 saturated carbocycles. The molecule has 0 spiro atoms. The van der Waals surface area contributed by atoms with Crippen LogP contribution in [0.2, 0.25) is 0 Å². The normalized spacial score (nSPS) is 26.2. The minimum atomic E-state index is 0.236. The van der Waals surface area contributed by atoms with Crippen LogP contribution in [0, 0.1) is 0 Å². The Morgan fingerprint density at radius 1 is 1.39 bits per heavy atom. The Morgan fingerprint density at radius 3 is 2.94 bits per heavy atom. The van der Waals surface area contributed by atoms with Gasteiger partial charge in [0, 0.05) is 18.8 Å². The molecule has 2 unspecified atom stereocenters. The number of nitrogens with two attached hydrogens (primary N) is 1. The molecule has 1 aromatic rings. The van der Waals surface area contributed by atoms with Crippen molar-refractivity contribution in [3.8, 4) is 0 Å². The number of imidazole rings is 1. The Bertz CT molecular complexity index is 360. The first-order valence-corrected chi connectivity index (χ1v) is 7.27. The lowest BCUT2D eigenvalue weighted by Crippen LogP contribution is -2.40. The predicted molar refractivity (Wildman–Crippen MR) is 74.3 cm³/mol. The van der Waals surface area contributed by atoms with Gasteiger partial charge in [0.15, 0.2) is 0 Å². The molecule has 2 N–H and O–H groups in total. The predicted octanol–water partition coefficient (Wildman–Crippen LogP) is 2.17. The average Bonchev–Trinajstić information content (AvgIpc) is 2.73. The van der Waals surface area contributed by atoms with Gasteiger partial charge in [-0.15, -0.1) is 0 Å². The summed E-state index contributed by atoms with van der Waals surface area (Å²) < 4.78 is 2.28. The van der Waals surface area contributed by atoms with E-state index in [1.807, 2.05) is 12.5 Å². The monoisotopic (exact) mass is 250 g/mol. The highest BCUT2D eigenvalue weighted by atomic mass is 15.2. The SMILES string of the molecule is CCCn1cncc1C1C(N)CCCCN1CC. The summed E-state index contributed by atoms with van der Waals surface area (Å²) >= 11 is 0. The van der Waals surface area contributed by atoms with Crippen LogP contribution in [-0.2, 0) is 6.54 Å². The van der Waals surface area contributed by atoms with Crippen LogP contribution in [0.25, 0.3) is 0 Å². The first-order valence-electron chi connectivity index (χ1n) is 7.27. The number of aryl methyl sites for hydroxylation is 1. The lowest BCUT2D eigenvalue weighted by Gasteiger charge is -2.33. The van der Waals surface area contributed by atoms with Gasteiger partial charge in [-0.05, 0) is 32.4 Å². The first-order chi connectivity index (χ1) is 8.77. The van der Waals surface area contributed by atoms with Gasteiger partial charge in [0.05, 0.1) is 18.1 Å². The van der Waals surface area contributed by atoms with E-state index in [0.29, 0.717) is 6.04 Å². The van der Waals surface area contributed by atoms with Crippen molar-refractivity contribution in [1.82, 2.24) is 14.5 Å². The minimum absolute atomic E-state index is 0.236. The number of aromatic nitrogens is 2. The maximum Gasteiger partial charge on any atom is 0.0948 e. The third kappa shape index (κ3) is 2.75. The van der Waals surface area contributed by atoms with E-state index < -0.39 is 0 Å². The zero-order valence-electron chi connectivity index (χ0n) is 11.7.